The van der Waals surface area contributed by atoms with E-state index >= 15 is 0 Å². The topological polar surface area (TPSA) is 26.3 Å². The first-order chi connectivity index (χ1) is 7.02. The van der Waals surface area contributed by atoms with Crippen molar-refractivity contribution >= 4 is 5.78 Å². The van der Waals surface area contributed by atoms with Crippen LogP contribution in [0.25, 0.3) is 0 Å². The molecule has 0 aromatic heterocycles. The Hall–Kier alpha value is -0.370. The minimum Gasteiger partial charge on any atom is -0.374 e. The molecule has 0 aliphatic carbocycles. The second-order valence-electron chi connectivity index (χ2n) is 5.06. The number of rotatable bonds is 9. The van der Waals surface area contributed by atoms with Crippen LogP contribution in [0.3, 0.4) is 0 Å². The van der Waals surface area contributed by atoms with E-state index in [4.69, 9.17) is 4.74 Å². The number of Topliss-reactive ketones (excluding diaryl/α,β-unsaturated/α-hetero) is 1. The summed E-state index contributed by atoms with van der Waals surface area (Å²) < 4.78 is 5.31. The van der Waals surface area contributed by atoms with Gasteiger partial charge in [-0.05, 0) is 24.7 Å². The molecule has 0 spiro atoms. The summed E-state index contributed by atoms with van der Waals surface area (Å²) in [6, 6.07) is 0. The van der Waals surface area contributed by atoms with Crippen molar-refractivity contribution in [3.63, 3.8) is 0 Å². The first kappa shape index (κ1) is 14.6. The highest BCUT2D eigenvalue weighted by Gasteiger charge is 2.03. The Morgan fingerprint density at radius 3 is 2.20 bits per heavy atom. The normalized spacial score (nSPS) is 11.3. The summed E-state index contributed by atoms with van der Waals surface area (Å²) >= 11 is 0. The van der Waals surface area contributed by atoms with Crippen molar-refractivity contribution in [3.05, 3.63) is 0 Å². The van der Waals surface area contributed by atoms with Gasteiger partial charge in [0.1, 0.15) is 6.61 Å². The molecular weight excluding hydrogens is 188 g/mol. The highest BCUT2D eigenvalue weighted by molar-refractivity contribution is 5.79. The van der Waals surface area contributed by atoms with E-state index < -0.39 is 0 Å². The standard InChI is InChI=1S/C13H26O2/c1-11(2)6-5-7-13(14)10-15-9-8-12(3)4/h11-12H,5-10H2,1-4H3. The average molecular weight is 214 g/mol. The van der Waals surface area contributed by atoms with Crippen LogP contribution >= 0.6 is 0 Å². The smallest absolute Gasteiger partial charge is 0.158 e. The van der Waals surface area contributed by atoms with Crippen molar-refractivity contribution < 1.29 is 9.53 Å². The molecule has 0 atom stereocenters. The molecule has 2 nitrogen and oxygen atoms in total. The van der Waals surface area contributed by atoms with Gasteiger partial charge in [-0.25, -0.2) is 0 Å². The number of ether oxygens (including phenoxy) is 1. The van der Waals surface area contributed by atoms with Crippen molar-refractivity contribution in [2.24, 2.45) is 11.8 Å². The monoisotopic (exact) mass is 214 g/mol. The first-order valence-corrected chi connectivity index (χ1v) is 6.11. The summed E-state index contributed by atoms with van der Waals surface area (Å²) in [5.41, 5.74) is 0. The molecule has 15 heavy (non-hydrogen) atoms. The van der Waals surface area contributed by atoms with Gasteiger partial charge >= 0.3 is 0 Å². The Kier molecular flexibility index (Phi) is 8.68. The summed E-state index contributed by atoms with van der Waals surface area (Å²) in [7, 11) is 0. The van der Waals surface area contributed by atoms with Crippen molar-refractivity contribution in [2.75, 3.05) is 13.2 Å². The minimum atomic E-state index is 0.249. The quantitative estimate of drug-likeness (QED) is 0.550. The second kappa shape index (κ2) is 8.90. The molecule has 0 aromatic rings. The Morgan fingerprint density at radius 1 is 1.07 bits per heavy atom. The van der Waals surface area contributed by atoms with Crippen LogP contribution in [-0.2, 0) is 9.53 Å². The molecule has 90 valence electrons. The van der Waals surface area contributed by atoms with E-state index in [-0.39, 0.29) is 5.78 Å². The molecule has 0 fully saturated rings. The summed E-state index contributed by atoms with van der Waals surface area (Å²) in [5.74, 6) is 1.60. The summed E-state index contributed by atoms with van der Waals surface area (Å²) in [4.78, 5) is 11.3. The zero-order valence-electron chi connectivity index (χ0n) is 10.7. The molecule has 0 bridgehead atoms. The molecule has 0 unspecified atom stereocenters. The Balaban J connectivity index is 3.26. The number of hydrogen-bond acceptors (Lipinski definition) is 2. The highest BCUT2D eigenvalue weighted by atomic mass is 16.5. The summed E-state index contributed by atoms with van der Waals surface area (Å²) in [5, 5.41) is 0. The first-order valence-electron chi connectivity index (χ1n) is 6.11. The van der Waals surface area contributed by atoms with E-state index in [1.807, 2.05) is 0 Å². The van der Waals surface area contributed by atoms with E-state index in [9.17, 15) is 4.79 Å². The Morgan fingerprint density at radius 2 is 1.67 bits per heavy atom. The Bertz CT molecular complexity index is 162. The van der Waals surface area contributed by atoms with Crippen molar-refractivity contribution in [3.8, 4) is 0 Å². The van der Waals surface area contributed by atoms with Crippen LogP contribution in [0.2, 0.25) is 0 Å². The van der Waals surface area contributed by atoms with Crippen LogP contribution in [0, 0.1) is 11.8 Å². The van der Waals surface area contributed by atoms with Gasteiger partial charge in [-0.3, -0.25) is 4.79 Å². The van der Waals surface area contributed by atoms with Crippen LogP contribution < -0.4 is 0 Å². The molecule has 0 aliphatic rings. The van der Waals surface area contributed by atoms with Crippen LogP contribution in [-0.4, -0.2) is 19.0 Å². The number of hydrogen-bond donors (Lipinski definition) is 0. The maximum absolute atomic E-state index is 11.3. The van der Waals surface area contributed by atoms with Gasteiger partial charge in [0.15, 0.2) is 5.78 Å². The van der Waals surface area contributed by atoms with E-state index in [0.29, 0.717) is 31.5 Å². The third-order valence-corrected chi connectivity index (χ3v) is 2.34. The molecule has 0 aliphatic heterocycles. The molecule has 2 heteroatoms. The number of carbonyl (C=O) groups excluding carboxylic acids is 1. The fourth-order valence-electron chi connectivity index (χ4n) is 1.28. The lowest BCUT2D eigenvalue weighted by Gasteiger charge is -2.06. The van der Waals surface area contributed by atoms with Crippen LogP contribution in [0.15, 0.2) is 0 Å². The highest BCUT2D eigenvalue weighted by Crippen LogP contribution is 2.06. The van der Waals surface area contributed by atoms with Crippen molar-refractivity contribution in [1.82, 2.24) is 0 Å². The van der Waals surface area contributed by atoms with Crippen LogP contribution in [0.1, 0.15) is 53.4 Å². The number of ketones is 1. The third kappa shape index (κ3) is 11.6. The fourth-order valence-corrected chi connectivity index (χ4v) is 1.28. The van der Waals surface area contributed by atoms with E-state index in [2.05, 4.69) is 27.7 Å². The molecule has 0 heterocycles. The average Bonchev–Trinajstić information content (AvgIpc) is 2.11. The van der Waals surface area contributed by atoms with Crippen LogP contribution in [0.5, 0.6) is 0 Å². The van der Waals surface area contributed by atoms with Gasteiger partial charge in [-0.1, -0.05) is 34.1 Å². The van der Waals surface area contributed by atoms with Gasteiger partial charge in [0, 0.05) is 13.0 Å². The van der Waals surface area contributed by atoms with Crippen molar-refractivity contribution in [2.45, 2.75) is 53.4 Å². The fraction of sp³-hybridized carbons (Fsp3) is 0.923. The van der Waals surface area contributed by atoms with Crippen LogP contribution in [0.4, 0.5) is 0 Å². The molecule has 0 N–H and O–H groups in total. The van der Waals surface area contributed by atoms with Gasteiger partial charge in [0.2, 0.25) is 0 Å². The molecular formula is C13H26O2. The maximum Gasteiger partial charge on any atom is 0.158 e. The lowest BCUT2D eigenvalue weighted by atomic mass is 10.1. The van der Waals surface area contributed by atoms with Gasteiger partial charge in [0.05, 0.1) is 0 Å². The molecule has 0 radical (unpaired) electrons. The zero-order chi connectivity index (χ0) is 11.7. The molecule has 0 saturated heterocycles. The molecule has 0 saturated carbocycles. The summed E-state index contributed by atoms with van der Waals surface area (Å²) in [6.45, 7) is 9.72. The molecule has 0 aromatic carbocycles. The second-order valence-corrected chi connectivity index (χ2v) is 5.06. The van der Waals surface area contributed by atoms with Gasteiger partial charge in [0.25, 0.3) is 0 Å². The van der Waals surface area contributed by atoms with E-state index in [1.54, 1.807) is 0 Å². The lowest BCUT2D eigenvalue weighted by molar-refractivity contribution is -0.123. The maximum atomic E-state index is 11.3. The third-order valence-electron chi connectivity index (χ3n) is 2.34. The van der Waals surface area contributed by atoms with Gasteiger partial charge in [-0.15, -0.1) is 0 Å². The lowest BCUT2D eigenvalue weighted by Crippen LogP contribution is -2.10. The number of carbonyl (C=O) groups is 1. The van der Waals surface area contributed by atoms with Gasteiger partial charge < -0.3 is 4.74 Å². The van der Waals surface area contributed by atoms with E-state index in [1.165, 1.54) is 0 Å². The predicted octanol–water partition coefficient (Wildman–Crippen LogP) is 3.44. The molecule has 0 amide bonds. The van der Waals surface area contributed by atoms with Crippen molar-refractivity contribution in [1.29, 1.82) is 0 Å². The summed E-state index contributed by atoms with van der Waals surface area (Å²) in [6.07, 6.45) is 3.86. The minimum absolute atomic E-state index is 0.249. The Labute approximate surface area is 94.4 Å². The van der Waals surface area contributed by atoms with Gasteiger partial charge in [-0.2, -0.15) is 0 Å². The largest absolute Gasteiger partial charge is 0.374 e. The molecule has 0 rings (SSSR count). The predicted molar refractivity (Wildman–Crippen MR) is 64.0 cm³/mol. The zero-order valence-corrected chi connectivity index (χ0v) is 10.7. The van der Waals surface area contributed by atoms with E-state index in [0.717, 1.165) is 19.3 Å². The SMILES string of the molecule is CC(C)CCCC(=O)COCCC(C)C.